The summed E-state index contributed by atoms with van der Waals surface area (Å²) in [7, 11) is 0. The van der Waals surface area contributed by atoms with Crippen molar-refractivity contribution in [3.05, 3.63) is 63.7 Å². The third-order valence-electron chi connectivity index (χ3n) is 4.80. The van der Waals surface area contributed by atoms with Crippen molar-refractivity contribution in [1.29, 1.82) is 0 Å². The van der Waals surface area contributed by atoms with Gasteiger partial charge in [0.1, 0.15) is 0 Å². The van der Waals surface area contributed by atoms with Crippen LogP contribution in [0.25, 0.3) is 0 Å². The normalized spacial score (nSPS) is 19.1. The zero-order chi connectivity index (χ0) is 17.6. The van der Waals surface area contributed by atoms with Crippen molar-refractivity contribution in [3.63, 3.8) is 0 Å². The van der Waals surface area contributed by atoms with Gasteiger partial charge in [0.15, 0.2) is 11.4 Å². The number of anilines is 1. The summed E-state index contributed by atoms with van der Waals surface area (Å²) in [5.74, 6) is -0.777. The molecule has 1 aliphatic rings. The van der Waals surface area contributed by atoms with Gasteiger partial charge in [-0.3, -0.25) is 9.59 Å². The minimum Gasteiger partial charge on any atom is -0.375 e. The zero-order valence-electron chi connectivity index (χ0n) is 14.4. The maximum absolute atomic E-state index is 12.8. The number of Topliss-reactive ketones (excluding diaryl/α,β-unsaturated/α-hetero) is 1. The SMILES string of the molecule is Cc1ccc2c(c1)C(O)(CC(=O)c1cc(C)c(C)cc1C)C(=O)N2. The van der Waals surface area contributed by atoms with Crippen LogP contribution in [0.15, 0.2) is 30.3 Å². The van der Waals surface area contributed by atoms with Crippen LogP contribution in [-0.4, -0.2) is 16.8 Å². The molecule has 124 valence electrons. The van der Waals surface area contributed by atoms with E-state index in [1.54, 1.807) is 12.1 Å². The van der Waals surface area contributed by atoms with Gasteiger partial charge in [0.2, 0.25) is 0 Å². The molecule has 2 N–H and O–H groups in total. The summed E-state index contributed by atoms with van der Waals surface area (Å²) in [4.78, 5) is 25.1. The number of carbonyl (C=O) groups is 2. The molecule has 24 heavy (non-hydrogen) atoms. The summed E-state index contributed by atoms with van der Waals surface area (Å²) >= 11 is 0. The number of rotatable bonds is 3. The average Bonchev–Trinajstić information content (AvgIpc) is 2.74. The van der Waals surface area contributed by atoms with Gasteiger partial charge in [-0.2, -0.15) is 0 Å². The van der Waals surface area contributed by atoms with Gasteiger partial charge in [0, 0.05) is 16.8 Å². The minimum absolute atomic E-state index is 0.234. The van der Waals surface area contributed by atoms with Crippen LogP contribution in [0.2, 0.25) is 0 Å². The lowest BCUT2D eigenvalue weighted by Gasteiger charge is -2.21. The first-order valence-electron chi connectivity index (χ1n) is 7.98. The van der Waals surface area contributed by atoms with Gasteiger partial charge in [0.25, 0.3) is 5.91 Å². The number of fused-ring (bicyclic) bond motifs is 1. The third-order valence-corrected chi connectivity index (χ3v) is 4.80. The predicted molar refractivity (Wildman–Crippen MR) is 93.3 cm³/mol. The molecule has 0 bridgehead atoms. The summed E-state index contributed by atoms with van der Waals surface area (Å²) in [6, 6.07) is 9.17. The third kappa shape index (κ3) is 2.53. The van der Waals surface area contributed by atoms with Gasteiger partial charge >= 0.3 is 0 Å². The molecule has 0 spiro atoms. The molecule has 0 aliphatic carbocycles. The fourth-order valence-corrected chi connectivity index (χ4v) is 3.22. The second-order valence-corrected chi connectivity index (χ2v) is 6.71. The maximum Gasteiger partial charge on any atom is 0.261 e. The van der Waals surface area contributed by atoms with Gasteiger partial charge in [0.05, 0.1) is 6.42 Å². The van der Waals surface area contributed by atoms with Crippen LogP contribution < -0.4 is 5.32 Å². The van der Waals surface area contributed by atoms with E-state index in [0.717, 1.165) is 22.3 Å². The van der Waals surface area contributed by atoms with Crippen LogP contribution >= 0.6 is 0 Å². The van der Waals surface area contributed by atoms with E-state index in [1.165, 1.54) is 0 Å². The highest BCUT2D eigenvalue weighted by Gasteiger charge is 2.46. The Hall–Kier alpha value is -2.46. The van der Waals surface area contributed by atoms with Gasteiger partial charge in [-0.25, -0.2) is 0 Å². The number of carbonyl (C=O) groups excluding carboxylic acids is 2. The first-order chi connectivity index (χ1) is 11.2. The number of amides is 1. The Bertz CT molecular complexity index is 869. The Labute approximate surface area is 141 Å². The molecule has 1 amide bonds. The van der Waals surface area contributed by atoms with E-state index in [-0.39, 0.29) is 12.2 Å². The fourth-order valence-electron chi connectivity index (χ4n) is 3.22. The molecule has 1 aliphatic heterocycles. The van der Waals surface area contributed by atoms with Crippen LogP contribution in [0.3, 0.4) is 0 Å². The van der Waals surface area contributed by atoms with E-state index < -0.39 is 11.5 Å². The minimum atomic E-state index is -1.82. The lowest BCUT2D eigenvalue weighted by molar-refractivity contribution is -0.133. The van der Waals surface area contributed by atoms with Crippen molar-refractivity contribution >= 4 is 17.4 Å². The number of aryl methyl sites for hydroxylation is 4. The van der Waals surface area contributed by atoms with Crippen LogP contribution in [0, 0.1) is 27.7 Å². The van der Waals surface area contributed by atoms with Crippen molar-refractivity contribution in [2.24, 2.45) is 0 Å². The molecule has 1 atom stereocenters. The second-order valence-electron chi connectivity index (χ2n) is 6.71. The number of benzene rings is 2. The largest absolute Gasteiger partial charge is 0.375 e. The number of hydrogen-bond acceptors (Lipinski definition) is 3. The Kier molecular flexibility index (Phi) is 3.80. The summed E-state index contributed by atoms with van der Waals surface area (Å²) in [5, 5.41) is 13.6. The van der Waals surface area contributed by atoms with E-state index in [1.807, 2.05) is 45.9 Å². The molecular formula is C20H21NO3. The molecule has 4 nitrogen and oxygen atoms in total. The first kappa shape index (κ1) is 16.4. The van der Waals surface area contributed by atoms with E-state index in [0.29, 0.717) is 16.8 Å². The molecule has 3 rings (SSSR count). The number of ketones is 1. The van der Waals surface area contributed by atoms with Crippen LogP contribution in [0.4, 0.5) is 5.69 Å². The monoisotopic (exact) mass is 323 g/mol. The number of hydrogen-bond donors (Lipinski definition) is 2. The second kappa shape index (κ2) is 5.56. The Balaban J connectivity index is 1.99. The molecule has 0 fully saturated rings. The van der Waals surface area contributed by atoms with Gasteiger partial charge in [-0.15, -0.1) is 0 Å². The Morgan fingerprint density at radius 1 is 1.04 bits per heavy atom. The molecule has 2 aromatic rings. The smallest absolute Gasteiger partial charge is 0.261 e. The van der Waals surface area contributed by atoms with Gasteiger partial charge in [-0.05, 0) is 56.5 Å². The molecule has 0 aromatic heterocycles. The standard InChI is InChI=1S/C20H21NO3/c1-11-5-6-17-16(7-11)20(24,19(23)21-17)10-18(22)15-9-13(3)12(2)8-14(15)4/h5-9,24H,10H2,1-4H3,(H,21,23). The number of nitrogens with one attached hydrogen (secondary N) is 1. The highest BCUT2D eigenvalue weighted by molar-refractivity contribution is 6.09. The molecule has 0 saturated carbocycles. The molecule has 1 heterocycles. The maximum atomic E-state index is 12.8. The van der Waals surface area contributed by atoms with Crippen molar-refractivity contribution in [3.8, 4) is 0 Å². The van der Waals surface area contributed by atoms with Crippen LogP contribution in [0.5, 0.6) is 0 Å². The molecule has 4 heteroatoms. The Morgan fingerprint density at radius 3 is 2.42 bits per heavy atom. The quantitative estimate of drug-likeness (QED) is 0.852. The van der Waals surface area contributed by atoms with Crippen molar-refractivity contribution in [2.75, 3.05) is 5.32 Å². The van der Waals surface area contributed by atoms with Crippen molar-refractivity contribution in [2.45, 2.75) is 39.7 Å². The molecule has 2 aromatic carbocycles. The Morgan fingerprint density at radius 2 is 1.71 bits per heavy atom. The average molecular weight is 323 g/mol. The fraction of sp³-hybridized carbons (Fsp3) is 0.300. The molecule has 0 radical (unpaired) electrons. The molecule has 0 saturated heterocycles. The summed E-state index contributed by atoms with van der Waals surface area (Å²) < 4.78 is 0. The summed E-state index contributed by atoms with van der Waals surface area (Å²) in [6.45, 7) is 7.70. The van der Waals surface area contributed by atoms with Crippen molar-refractivity contribution in [1.82, 2.24) is 0 Å². The molecular weight excluding hydrogens is 302 g/mol. The van der Waals surface area contributed by atoms with Crippen molar-refractivity contribution < 1.29 is 14.7 Å². The van der Waals surface area contributed by atoms with Crippen LogP contribution in [-0.2, 0) is 10.4 Å². The lowest BCUT2D eigenvalue weighted by atomic mass is 9.86. The first-order valence-corrected chi connectivity index (χ1v) is 7.98. The van der Waals surface area contributed by atoms with Gasteiger partial charge in [-0.1, -0.05) is 23.8 Å². The summed E-state index contributed by atoms with van der Waals surface area (Å²) in [6.07, 6.45) is -0.265. The van der Waals surface area contributed by atoms with E-state index in [9.17, 15) is 14.7 Å². The lowest BCUT2D eigenvalue weighted by Crippen LogP contribution is -2.36. The highest BCUT2D eigenvalue weighted by Crippen LogP contribution is 2.39. The number of aliphatic hydroxyl groups is 1. The topological polar surface area (TPSA) is 66.4 Å². The zero-order valence-corrected chi connectivity index (χ0v) is 14.4. The molecule has 1 unspecified atom stereocenters. The highest BCUT2D eigenvalue weighted by atomic mass is 16.3. The van der Waals surface area contributed by atoms with Crippen LogP contribution in [0.1, 0.15) is 44.6 Å². The predicted octanol–water partition coefficient (Wildman–Crippen LogP) is 3.33. The van der Waals surface area contributed by atoms with E-state index in [4.69, 9.17) is 0 Å². The summed E-state index contributed by atoms with van der Waals surface area (Å²) in [5.41, 5.74) is 3.70. The van der Waals surface area contributed by atoms with E-state index in [2.05, 4.69) is 5.32 Å². The van der Waals surface area contributed by atoms with E-state index >= 15 is 0 Å². The van der Waals surface area contributed by atoms with Gasteiger partial charge < -0.3 is 10.4 Å².